The Morgan fingerprint density at radius 1 is 0.806 bits per heavy atom. The summed E-state index contributed by atoms with van der Waals surface area (Å²) in [6.45, 7) is 0.520. The summed E-state index contributed by atoms with van der Waals surface area (Å²) in [7, 11) is 0. The quantitative estimate of drug-likeness (QED) is 0.242. The zero-order valence-corrected chi connectivity index (χ0v) is 21.1. The molecule has 1 nitrogen and oxygen atoms in total. The Bertz CT molecular complexity index is 961. The number of benzene rings is 2. The van der Waals surface area contributed by atoms with E-state index in [0.717, 1.165) is 29.9 Å². The molecule has 2 fully saturated rings. The van der Waals surface area contributed by atoms with Gasteiger partial charge in [0.05, 0.1) is 0 Å². The first-order chi connectivity index (χ1) is 17.2. The van der Waals surface area contributed by atoms with Crippen LogP contribution in [0.15, 0.2) is 36.4 Å². The van der Waals surface area contributed by atoms with E-state index in [1.807, 2.05) is 24.3 Å². The first-order valence-electron chi connectivity index (χ1n) is 13.5. The first-order valence-corrected chi connectivity index (χ1v) is 13.5. The number of unbranched alkanes of at least 4 members (excludes halogenated alkanes) is 3. The van der Waals surface area contributed by atoms with Gasteiger partial charge in [0.25, 0.3) is 0 Å². The Labute approximate surface area is 211 Å². The average Bonchev–Trinajstić information content (AvgIpc) is 2.85. The zero-order chi connectivity index (χ0) is 25.7. The van der Waals surface area contributed by atoms with Crippen molar-refractivity contribution in [2.24, 2.45) is 17.8 Å². The minimum atomic E-state index is -4.67. The fourth-order valence-corrected chi connectivity index (χ4v) is 6.38. The van der Waals surface area contributed by atoms with Gasteiger partial charge < -0.3 is 4.74 Å². The lowest BCUT2D eigenvalue weighted by Crippen LogP contribution is -2.30. The van der Waals surface area contributed by atoms with Gasteiger partial charge in [-0.15, -0.1) is 0 Å². The molecule has 0 bridgehead atoms. The number of ether oxygens (including phenoxy) is 1. The van der Waals surface area contributed by atoms with Gasteiger partial charge in [-0.2, -0.15) is 13.2 Å². The van der Waals surface area contributed by atoms with E-state index in [1.165, 1.54) is 76.2 Å². The highest BCUT2D eigenvalue weighted by Gasteiger charge is 2.36. The maximum atomic E-state index is 14.3. The van der Waals surface area contributed by atoms with Gasteiger partial charge in [-0.05, 0) is 84.6 Å². The maximum Gasteiger partial charge on any atom is 0.422 e. The van der Waals surface area contributed by atoms with Crippen molar-refractivity contribution in [3.63, 3.8) is 0 Å². The Morgan fingerprint density at radius 2 is 1.47 bits per heavy atom. The summed E-state index contributed by atoms with van der Waals surface area (Å²) in [6, 6.07) is 9.80. The summed E-state index contributed by atoms with van der Waals surface area (Å²) in [6.07, 6.45) is 9.86. The molecule has 0 aromatic heterocycles. The number of hydrogen-bond donors (Lipinski definition) is 0. The van der Waals surface area contributed by atoms with E-state index in [2.05, 4.69) is 11.7 Å². The molecule has 2 aliphatic rings. The molecule has 0 saturated heterocycles. The molecule has 198 valence electrons. The minimum absolute atomic E-state index is 0.275. The number of halogens is 5. The van der Waals surface area contributed by atoms with E-state index in [4.69, 9.17) is 0 Å². The summed E-state index contributed by atoms with van der Waals surface area (Å²) in [5.41, 5.74) is 2.15. The van der Waals surface area contributed by atoms with Crippen molar-refractivity contribution in [2.75, 3.05) is 6.61 Å². The van der Waals surface area contributed by atoms with Crippen molar-refractivity contribution < 1.29 is 26.7 Å². The van der Waals surface area contributed by atoms with Crippen LogP contribution in [0.25, 0.3) is 11.1 Å². The van der Waals surface area contributed by atoms with Gasteiger partial charge in [-0.3, -0.25) is 0 Å². The van der Waals surface area contributed by atoms with Gasteiger partial charge >= 0.3 is 6.18 Å². The smallest absolute Gasteiger partial charge is 0.422 e. The Hall–Kier alpha value is -2.11. The van der Waals surface area contributed by atoms with E-state index in [-0.39, 0.29) is 5.56 Å². The molecule has 0 spiro atoms. The van der Waals surface area contributed by atoms with Crippen molar-refractivity contribution in [2.45, 2.75) is 89.6 Å². The van der Waals surface area contributed by atoms with Crippen LogP contribution in [0.3, 0.4) is 0 Å². The number of hydrogen-bond acceptors (Lipinski definition) is 1. The second-order valence-electron chi connectivity index (χ2n) is 10.9. The summed E-state index contributed by atoms with van der Waals surface area (Å²) in [5, 5.41) is 0. The monoisotopic (exact) mass is 508 g/mol. The van der Waals surface area contributed by atoms with Gasteiger partial charge in [-0.25, -0.2) is 8.78 Å². The van der Waals surface area contributed by atoms with Gasteiger partial charge in [0, 0.05) is 0 Å². The highest BCUT2D eigenvalue weighted by molar-refractivity contribution is 5.65. The zero-order valence-electron chi connectivity index (χ0n) is 21.1. The molecule has 2 aromatic rings. The van der Waals surface area contributed by atoms with Gasteiger partial charge in [-0.1, -0.05) is 69.7 Å². The predicted octanol–water partition coefficient (Wildman–Crippen LogP) is 9.84. The van der Waals surface area contributed by atoms with Crippen molar-refractivity contribution >= 4 is 0 Å². The van der Waals surface area contributed by atoms with Crippen molar-refractivity contribution in [1.82, 2.24) is 0 Å². The number of fused-ring (bicyclic) bond motifs is 1. The largest absolute Gasteiger partial charge is 0.478 e. The second-order valence-corrected chi connectivity index (χ2v) is 10.9. The SMILES string of the molecule is CCCCCCC1CCC2CC(c3ccc(-c4cc(F)c(OCC(F)(F)F)c(F)c4)cc3)CCC2C1. The van der Waals surface area contributed by atoms with Crippen LogP contribution in [0.5, 0.6) is 5.75 Å². The molecule has 36 heavy (non-hydrogen) atoms. The summed E-state index contributed by atoms with van der Waals surface area (Å²) in [4.78, 5) is 0. The third-order valence-electron chi connectivity index (χ3n) is 8.28. The molecule has 0 radical (unpaired) electrons. The molecule has 0 aliphatic heterocycles. The topological polar surface area (TPSA) is 9.23 Å². The molecule has 6 heteroatoms. The van der Waals surface area contributed by atoms with Crippen LogP contribution in [-0.2, 0) is 0 Å². The molecule has 2 saturated carbocycles. The van der Waals surface area contributed by atoms with E-state index in [0.29, 0.717) is 11.5 Å². The molecule has 0 N–H and O–H groups in total. The third-order valence-corrected chi connectivity index (χ3v) is 8.28. The fourth-order valence-electron chi connectivity index (χ4n) is 6.38. The van der Waals surface area contributed by atoms with Crippen LogP contribution < -0.4 is 4.74 Å². The normalized spacial score (nSPS) is 24.4. The van der Waals surface area contributed by atoms with Gasteiger partial charge in [0.15, 0.2) is 24.0 Å². The van der Waals surface area contributed by atoms with Crippen LogP contribution >= 0.6 is 0 Å². The molecule has 0 amide bonds. The molecular weight excluding hydrogens is 471 g/mol. The lowest BCUT2D eigenvalue weighted by atomic mass is 9.63. The molecule has 2 aromatic carbocycles. The standard InChI is InChI=1S/C30H37F5O/c1-2-3-4-5-6-20-7-8-25-16-24(14-13-23(25)15-20)21-9-11-22(12-10-21)26-17-27(31)29(28(32)18-26)36-19-30(33,34)35/h9-12,17-18,20,23-25H,2-8,13-16,19H2,1H3. The lowest BCUT2D eigenvalue weighted by Gasteiger charge is -2.42. The fraction of sp³-hybridized carbons (Fsp3) is 0.600. The van der Waals surface area contributed by atoms with E-state index in [1.54, 1.807) is 0 Å². The Kier molecular flexibility index (Phi) is 8.95. The minimum Gasteiger partial charge on any atom is -0.478 e. The van der Waals surface area contributed by atoms with E-state index in [9.17, 15) is 22.0 Å². The number of alkyl halides is 3. The highest BCUT2D eigenvalue weighted by atomic mass is 19.4. The van der Waals surface area contributed by atoms with E-state index >= 15 is 0 Å². The van der Waals surface area contributed by atoms with Crippen LogP contribution in [0.1, 0.15) is 89.0 Å². The molecule has 0 heterocycles. The molecule has 4 rings (SSSR count). The summed E-state index contributed by atoms with van der Waals surface area (Å²) >= 11 is 0. The van der Waals surface area contributed by atoms with Crippen molar-refractivity contribution in [3.05, 3.63) is 53.6 Å². The van der Waals surface area contributed by atoms with Crippen LogP contribution in [0, 0.1) is 29.4 Å². The van der Waals surface area contributed by atoms with E-state index < -0.39 is 30.2 Å². The predicted molar refractivity (Wildman–Crippen MR) is 133 cm³/mol. The second kappa shape index (κ2) is 12.0. The lowest BCUT2D eigenvalue weighted by molar-refractivity contribution is -0.154. The van der Waals surface area contributed by atoms with Crippen molar-refractivity contribution in [1.29, 1.82) is 0 Å². The highest BCUT2D eigenvalue weighted by Crippen LogP contribution is 2.48. The summed E-state index contributed by atoms with van der Waals surface area (Å²) < 4.78 is 70.0. The molecular formula is C30H37F5O. The number of rotatable bonds is 9. The average molecular weight is 509 g/mol. The third kappa shape index (κ3) is 7.01. The molecule has 4 unspecified atom stereocenters. The van der Waals surface area contributed by atoms with Gasteiger partial charge in [0.1, 0.15) is 0 Å². The van der Waals surface area contributed by atoms with Gasteiger partial charge in [0.2, 0.25) is 0 Å². The molecule has 4 atom stereocenters. The Balaban J connectivity index is 1.34. The molecule has 2 aliphatic carbocycles. The van der Waals surface area contributed by atoms with Crippen LogP contribution in [0.2, 0.25) is 0 Å². The first kappa shape index (κ1) is 26.9. The van der Waals surface area contributed by atoms with Crippen molar-refractivity contribution in [3.8, 4) is 16.9 Å². The van der Waals surface area contributed by atoms with Crippen LogP contribution in [0.4, 0.5) is 22.0 Å². The summed E-state index contributed by atoms with van der Waals surface area (Å²) in [5.74, 6) is -0.217. The Morgan fingerprint density at radius 3 is 2.14 bits per heavy atom. The maximum absolute atomic E-state index is 14.3. The van der Waals surface area contributed by atoms with Crippen LogP contribution in [-0.4, -0.2) is 12.8 Å².